The first-order valence-electron chi connectivity index (χ1n) is 13.3. The Kier molecular flexibility index (Phi) is 9.16. The minimum atomic E-state index is -3.71. The Morgan fingerprint density at radius 3 is 2.32 bits per heavy atom. The van der Waals surface area contributed by atoms with Gasteiger partial charge in [-0.05, 0) is 68.3 Å². The Bertz CT molecular complexity index is 1180. The quantitative estimate of drug-likeness (QED) is 0.465. The van der Waals surface area contributed by atoms with Crippen molar-refractivity contribution in [3.8, 4) is 0 Å². The summed E-state index contributed by atoms with van der Waals surface area (Å²) in [6.07, 6.45) is 3.20. The van der Waals surface area contributed by atoms with Crippen molar-refractivity contribution < 1.29 is 13.2 Å². The van der Waals surface area contributed by atoms with Crippen molar-refractivity contribution in [2.24, 2.45) is 0 Å². The van der Waals surface area contributed by atoms with Gasteiger partial charge in [-0.2, -0.15) is 4.31 Å². The SMILES string of the molecule is CCCCCN1CCN(S(=O)(=O)c2ccc(Cl)cc2)CC1C(=O)N1CCN(c2cc(C)ccc2C)CC1. The van der Waals surface area contributed by atoms with E-state index in [0.717, 1.165) is 38.9 Å². The van der Waals surface area contributed by atoms with Crippen LogP contribution in [-0.2, 0) is 14.8 Å². The molecule has 2 aliphatic rings. The number of hydrogen-bond acceptors (Lipinski definition) is 5. The number of sulfonamides is 1. The minimum absolute atomic E-state index is 0.0353. The number of halogens is 1. The average molecular weight is 547 g/mol. The van der Waals surface area contributed by atoms with Crippen molar-refractivity contribution in [3.63, 3.8) is 0 Å². The lowest BCUT2D eigenvalue weighted by Crippen LogP contribution is -2.62. The molecule has 2 aromatic rings. The zero-order chi connectivity index (χ0) is 26.6. The van der Waals surface area contributed by atoms with Crippen LogP contribution in [0.3, 0.4) is 0 Å². The van der Waals surface area contributed by atoms with Gasteiger partial charge in [0.15, 0.2) is 0 Å². The molecule has 1 atom stereocenters. The van der Waals surface area contributed by atoms with Crippen LogP contribution in [0.5, 0.6) is 0 Å². The summed E-state index contributed by atoms with van der Waals surface area (Å²) in [5.74, 6) is 0.0353. The molecule has 0 N–H and O–H groups in total. The van der Waals surface area contributed by atoms with Crippen molar-refractivity contribution in [1.82, 2.24) is 14.1 Å². The molecule has 2 aromatic carbocycles. The van der Waals surface area contributed by atoms with Gasteiger partial charge in [0.05, 0.1) is 4.90 Å². The third-order valence-electron chi connectivity index (χ3n) is 7.54. The fourth-order valence-electron chi connectivity index (χ4n) is 5.27. The molecule has 9 heteroatoms. The second kappa shape index (κ2) is 12.2. The monoisotopic (exact) mass is 546 g/mol. The van der Waals surface area contributed by atoms with Crippen LogP contribution in [-0.4, -0.2) is 86.8 Å². The summed E-state index contributed by atoms with van der Waals surface area (Å²) in [5.41, 5.74) is 3.69. The molecule has 0 spiro atoms. The molecule has 0 bridgehead atoms. The first-order chi connectivity index (χ1) is 17.7. The number of anilines is 1. The van der Waals surface area contributed by atoms with Gasteiger partial charge in [-0.1, -0.05) is 43.5 Å². The number of unbranched alkanes of at least 4 members (excludes halogenated alkanes) is 2. The summed E-state index contributed by atoms with van der Waals surface area (Å²) in [4.78, 5) is 20.5. The number of carbonyl (C=O) groups excluding carboxylic acids is 1. The van der Waals surface area contributed by atoms with E-state index in [2.05, 4.69) is 48.8 Å². The summed E-state index contributed by atoms with van der Waals surface area (Å²) in [7, 11) is -3.71. The summed E-state index contributed by atoms with van der Waals surface area (Å²) in [5, 5.41) is 0.493. The van der Waals surface area contributed by atoms with Gasteiger partial charge >= 0.3 is 0 Å². The molecule has 202 valence electrons. The number of piperazine rings is 2. The molecule has 2 saturated heterocycles. The maximum absolute atomic E-state index is 13.8. The molecule has 7 nitrogen and oxygen atoms in total. The maximum atomic E-state index is 13.8. The Labute approximate surface area is 227 Å². The van der Waals surface area contributed by atoms with Crippen LogP contribution < -0.4 is 4.90 Å². The van der Waals surface area contributed by atoms with Gasteiger partial charge in [-0.3, -0.25) is 9.69 Å². The predicted octanol–water partition coefficient (Wildman–Crippen LogP) is 4.17. The zero-order valence-electron chi connectivity index (χ0n) is 22.2. The Morgan fingerprint density at radius 1 is 0.946 bits per heavy atom. The second-order valence-electron chi connectivity index (χ2n) is 10.2. The summed E-state index contributed by atoms with van der Waals surface area (Å²) >= 11 is 5.97. The molecular weight excluding hydrogens is 508 g/mol. The van der Waals surface area contributed by atoms with E-state index >= 15 is 0 Å². The van der Waals surface area contributed by atoms with Crippen LogP contribution in [0.15, 0.2) is 47.4 Å². The molecule has 2 fully saturated rings. The van der Waals surface area contributed by atoms with Gasteiger partial charge in [-0.15, -0.1) is 0 Å². The molecule has 1 amide bonds. The third-order valence-corrected chi connectivity index (χ3v) is 9.67. The number of carbonyl (C=O) groups is 1. The van der Waals surface area contributed by atoms with Crippen molar-refractivity contribution in [2.45, 2.75) is 51.0 Å². The summed E-state index contributed by atoms with van der Waals surface area (Å²) in [6.45, 7) is 11.1. The topological polar surface area (TPSA) is 64.2 Å². The normalized spacial score (nSPS) is 19.8. The van der Waals surface area contributed by atoms with Gasteiger partial charge < -0.3 is 9.80 Å². The highest BCUT2D eigenvalue weighted by Gasteiger charge is 2.39. The van der Waals surface area contributed by atoms with Crippen molar-refractivity contribution in [1.29, 1.82) is 0 Å². The van der Waals surface area contributed by atoms with E-state index < -0.39 is 16.1 Å². The van der Waals surface area contributed by atoms with E-state index in [4.69, 9.17) is 11.6 Å². The van der Waals surface area contributed by atoms with Crippen molar-refractivity contribution in [3.05, 3.63) is 58.6 Å². The number of benzene rings is 2. The molecule has 0 aliphatic carbocycles. The highest BCUT2D eigenvalue weighted by molar-refractivity contribution is 7.89. The maximum Gasteiger partial charge on any atom is 0.243 e. The smallest absolute Gasteiger partial charge is 0.243 e. The molecule has 2 heterocycles. The van der Waals surface area contributed by atoms with E-state index in [1.54, 1.807) is 12.1 Å². The van der Waals surface area contributed by atoms with Crippen LogP contribution in [0.4, 0.5) is 5.69 Å². The Hall–Kier alpha value is -2.13. The van der Waals surface area contributed by atoms with Crippen LogP contribution in [0.2, 0.25) is 5.02 Å². The third kappa shape index (κ3) is 6.48. The van der Waals surface area contributed by atoms with E-state index in [9.17, 15) is 13.2 Å². The lowest BCUT2D eigenvalue weighted by Gasteiger charge is -2.44. The van der Waals surface area contributed by atoms with E-state index in [1.165, 1.54) is 33.3 Å². The largest absolute Gasteiger partial charge is 0.368 e. The van der Waals surface area contributed by atoms with Crippen molar-refractivity contribution in [2.75, 3.05) is 57.3 Å². The lowest BCUT2D eigenvalue weighted by molar-refractivity contribution is -0.139. The number of aryl methyl sites for hydroxylation is 2. The summed E-state index contributed by atoms with van der Waals surface area (Å²) < 4.78 is 28.3. The molecule has 1 unspecified atom stereocenters. The molecule has 4 rings (SSSR count). The van der Waals surface area contributed by atoms with Crippen LogP contribution >= 0.6 is 11.6 Å². The number of nitrogens with zero attached hydrogens (tertiary/aromatic N) is 4. The summed E-state index contributed by atoms with van der Waals surface area (Å²) in [6, 6.07) is 12.3. The highest BCUT2D eigenvalue weighted by Crippen LogP contribution is 2.25. The lowest BCUT2D eigenvalue weighted by atomic mass is 10.1. The number of amides is 1. The highest BCUT2D eigenvalue weighted by atomic mass is 35.5. The second-order valence-corrected chi connectivity index (χ2v) is 12.6. The van der Waals surface area contributed by atoms with E-state index in [0.29, 0.717) is 31.2 Å². The number of rotatable bonds is 8. The average Bonchev–Trinajstić information content (AvgIpc) is 2.90. The molecular formula is C28H39ClN4O3S. The zero-order valence-corrected chi connectivity index (χ0v) is 23.8. The van der Waals surface area contributed by atoms with E-state index in [-0.39, 0.29) is 17.3 Å². The van der Waals surface area contributed by atoms with Crippen LogP contribution in [0, 0.1) is 13.8 Å². The van der Waals surface area contributed by atoms with Gasteiger partial charge in [0, 0.05) is 56.5 Å². The predicted molar refractivity (Wildman–Crippen MR) is 150 cm³/mol. The Balaban J connectivity index is 1.48. The van der Waals surface area contributed by atoms with Gasteiger partial charge in [0.2, 0.25) is 15.9 Å². The standard InChI is InChI=1S/C28H39ClN4O3S/c1-4-5-6-13-30-18-19-33(37(35,36)25-11-9-24(29)10-12-25)21-27(30)28(34)32-16-14-31(15-17-32)26-20-22(2)7-8-23(26)3/h7-12,20,27H,4-6,13-19,21H2,1-3H3. The first-order valence-corrected chi connectivity index (χ1v) is 15.1. The van der Waals surface area contributed by atoms with Gasteiger partial charge in [0.25, 0.3) is 0 Å². The van der Waals surface area contributed by atoms with Gasteiger partial charge in [0.1, 0.15) is 6.04 Å². The fourth-order valence-corrected chi connectivity index (χ4v) is 6.84. The molecule has 2 aliphatic heterocycles. The first kappa shape index (κ1) is 27.9. The number of hydrogen-bond donors (Lipinski definition) is 0. The van der Waals surface area contributed by atoms with Crippen LogP contribution in [0.1, 0.15) is 37.3 Å². The minimum Gasteiger partial charge on any atom is -0.368 e. The Morgan fingerprint density at radius 2 is 1.65 bits per heavy atom. The fraction of sp³-hybridized carbons (Fsp3) is 0.536. The van der Waals surface area contributed by atoms with E-state index in [1.807, 2.05) is 4.90 Å². The van der Waals surface area contributed by atoms with Gasteiger partial charge in [-0.25, -0.2) is 8.42 Å². The molecule has 0 saturated carbocycles. The molecule has 37 heavy (non-hydrogen) atoms. The van der Waals surface area contributed by atoms with Crippen molar-refractivity contribution >= 4 is 33.2 Å². The molecule has 0 aromatic heterocycles. The van der Waals surface area contributed by atoms with Crippen LogP contribution in [0.25, 0.3) is 0 Å². The molecule has 0 radical (unpaired) electrons.